The summed E-state index contributed by atoms with van der Waals surface area (Å²) in [6.45, 7) is 9.22. The van der Waals surface area contributed by atoms with Crippen molar-refractivity contribution >= 4 is 5.97 Å². The molecule has 0 amide bonds. The maximum atomic E-state index is 11.3. The zero-order chi connectivity index (χ0) is 22.6. The highest BCUT2D eigenvalue weighted by Gasteiger charge is 2.62. The van der Waals surface area contributed by atoms with Crippen LogP contribution in [-0.4, -0.2) is 33.5 Å². The smallest absolute Gasteiger partial charge is 0.306 e. The molecular formula is C27H46O4. The molecule has 9 unspecified atom stereocenters. The molecular weight excluding hydrogens is 388 g/mol. The number of fused-ring (bicyclic) bond motifs is 5. The molecule has 0 saturated heterocycles. The third-order valence-electron chi connectivity index (χ3n) is 11.1. The second-order valence-corrected chi connectivity index (χ2v) is 12.6. The molecule has 4 heteroatoms. The average Bonchev–Trinajstić information content (AvgIpc) is 3.06. The van der Waals surface area contributed by atoms with Crippen molar-refractivity contribution in [1.29, 1.82) is 0 Å². The quantitative estimate of drug-likeness (QED) is 0.515. The molecule has 4 fully saturated rings. The molecule has 4 aliphatic rings. The monoisotopic (exact) mass is 434 g/mol. The Kier molecular flexibility index (Phi) is 6.55. The predicted molar refractivity (Wildman–Crippen MR) is 122 cm³/mol. The molecule has 0 radical (unpaired) electrons. The minimum Gasteiger partial charge on any atom is -0.481 e. The molecule has 178 valence electrons. The number of aliphatic hydroxyl groups excluding tert-OH is 2. The van der Waals surface area contributed by atoms with Crippen molar-refractivity contribution in [2.75, 3.05) is 0 Å². The van der Waals surface area contributed by atoms with Crippen LogP contribution in [0.5, 0.6) is 0 Å². The number of aliphatic carboxylic acids is 1. The Morgan fingerprint density at radius 3 is 2.32 bits per heavy atom. The highest BCUT2D eigenvalue weighted by molar-refractivity contribution is 5.69. The number of carbonyl (C=O) groups is 1. The van der Waals surface area contributed by atoms with Crippen LogP contribution in [0.1, 0.15) is 98.3 Å². The third kappa shape index (κ3) is 3.98. The van der Waals surface area contributed by atoms with Crippen LogP contribution >= 0.6 is 0 Å². The summed E-state index contributed by atoms with van der Waals surface area (Å²) in [7, 11) is 0. The van der Waals surface area contributed by atoms with Crippen molar-refractivity contribution in [3.63, 3.8) is 0 Å². The summed E-state index contributed by atoms with van der Waals surface area (Å²) < 4.78 is 0. The van der Waals surface area contributed by atoms with E-state index in [0.717, 1.165) is 44.9 Å². The van der Waals surface area contributed by atoms with E-state index in [1.54, 1.807) is 0 Å². The van der Waals surface area contributed by atoms with Gasteiger partial charge >= 0.3 is 5.97 Å². The van der Waals surface area contributed by atoms with Gasteiger partial charge in [-0.25, -0.2) is 0 Å². The number of rotatable bonds is 6. The van der Waals surface area contributed by atoms with E-state index in [2.05, 4.69) is 20.8 Å². The van der Waals surface area contributed by atoms with Gasteiger partial charge in [-0.1, -0.05) is 40.5 Å². The lowest BCUT2D eigenvalue weighted by Crippen LogP contribution is -2.58. The molecule has 4 rings (SSSR count). The Hall–Kier alpha value is -0.610. The van der Waals surface area contributed by atoms with Crippen molar-refractivity contribution in [2.45, 2.75) is 111 Å². The number of carboxylic acid groups (broad SMARTS) is 1. The van der Waals surface area contributed by atoms with E-state index in [4.69, 9.17) is 5.11 Å². The van der Waals surface area contributed by atoms with Crippen LogP contribution < -0.4 is 0 Å². The van der Waals surface area contributed by atoms with Crippen LogP contribution in [0.3, 0.4) is 0 Å². The van der Waals surface area contributed by atoms with Gasteiger partial charge in [-0.3, -0.25) is 4.79 Å². The number of hydrogen-bond donors (Lipinski definition) is 3. The highest BCUT2D eigenvalue weighted by Crippen LogP contribution is 2.68. The van der Waals surface area contributed by atoms with Gasteiger partial charge in [-0.15, -0.1) is 0 Å². The topological polar surface area (TPSA) is 77.8 Å². The van der Waals surface area contributed by atoms with E-state index < -0.39 is 5.97 Å². The van der Waals surface area contributed by atoms with E-state index in [1.807, 2.05) is 6.92 Å². The summed E-state index contributed by atoms with van der Waals surface area (Å²) in [6, 6.07) is 0. The molecule has 0 heterocycles. The zero-order valence-corrected chi connectivity index (χ0v) is 20.2. The van der Waals surface area contributed by atoms with E-state index in [9.17, 15) is 15.0 Å². The van der Waals surface area contributed by atoms with Gasteiger partial charge in [-0.05, 0) is 104 Å². The van der Waals surface area contributed by atoms with Gasteiger partial charge in [0.05, 0.1) is 18.1 Å². The van der Waals surface area contributed by atoms with Gasteiger partial charge < -0.3 is 15.3 Å². The zero-order valence-electron chi connectivity index (χ0n) is 20.2. The lowest BCUT2D eigenvalue weighted by atomic mass is 9.43. The van der Waals surface area contributed by atoms with Crippen molar-refractivity contribution in [2.24, 2.45) is 52.3 Å². The molecule has 4 aliphatic carbocycles. The Bertz CT molecular complexity index is 664. The Balaban J connectivity index is 1.46. The molecule has 4 saturated carbocycles. The number of hydrogen-bond acceptors (Lipinski definition) is 3. The summed E-state index contributed by atoms with van der Waals surface area (Å²) in [5, 5.41) is 30.8. The standard InChI is InChI=1S/C27H46O4/c1-16(6-5-7-17(2)25(30)31)20-8-9-21-24-22(11-13-27(20,21)4)26(3)12-10-19(28)14-18(26)15-23(24)29/h16-24,28-29H,5-15H2,1-4H3,(H,30,31)/t16?,17?,18?,19-,20?,21?,22?,23-,24?,26?,27?/m1/s1. The molecule has 11 atom stereocenters. The second kappa shape index (κ2) is 8.63. The SMILES string of the molecule is CC(CCCC(C)C1CCC2C3C(CCC12C)C1(C)CC[C@@H](O)CC1C[C@H]3O)C(=O)O. The summed E-state index contributed by atoms with van der Waals surface area (Å²) >= 11 is 0. The lowest BCUT2D eigenvalue weighted by Gasteiger charge is -2.62. The number of aliphatic hydroxyl groups is 2. The van der Waals surface area contributed by atoms with Gasteiger partial charge in [0.1, 0.15) is 0 Å². The first-order valence-corrected chi connectivity index (χ1v) is 13.2. The molecule has 3 N–H and O–H groups in total. The normalized spacial score (nSPS) is 48.9. The van der Waals surface area contributed by atoms with Crippen LogP contribution in [-0.2, 0) is 4.79 Å². The fourth-order valence-electron chi connectivity index (χ4n) is 9.25. The van der Waals surface area contributed by atoms with E-state index in [0.29, 0.717) is 46.3 Å². The van der Waals surface area contributed by atoms with Crippen LogP contribution in [0.15, 0.2) is 0 Å². The maximum absolute atomic E-state index is 11.3. The summed E-state index contributed by atoms with van der Waals surface area (Å²) in [6.07, 6.45) is 11.4. The molecule has 0 aromatic rings. The Morgan fingerprint density at radius 1 is 0.935 bits per heavy atom. The second-order valence-electron chi connectivity index (χ2n) is 12.6. The first kappa shape index (κ1) is 23.5. The van der Waals surface area contributed by atoms with Gasteiger partial charge in [0.15, 0.2) is 0 Å². The number of carboxylic acids is 1. The first-order valence-electron chi connectivity index (χ1n) is 13.2. The Morgan fingerprint density at radius 2 is 1.61 bits per heavy atom. The third-order valence-corrected chi connectivity index (χ3v) is 11.1. The van der Waals surface area contributed by atoms with Gasteiger partial charge in [0, 0.05) is 0 Å². The molecule has 0 aliphatic heterocycles. The van der Waals surface area contributed by atoms with Gasteiger partial charge in [-0.2, -0.15) is 0 Å². The summed E-state index contributed by atoms with van der Waals surface area (Å²) in [5.74, 6) is 2.55. The fraction of sp³-hybridized carbons (Fsp3) is 0.963. The minimum atomic E-state index is -0.674. The maximum Gasteiger partial charge on any atom is 0.306 e. The average molecular weight is 435 g/mol. The molecule has 0 spiro atoms. The minimum absolute atomic E-state index is 0.170. The Labute approximate surface area is 189 Å². The molecule has 0 bridgehead atoms. The van der Waals surface area contributed by atoms with Crippen molar-refractivity contribution in [1.82, 2.24) is 0 Å². The lowest BCUT2D eigenvalue weighted by molar-refractivity contribution is -0.174. The molecule has 31 heavy (non-hydrogen) atoms. The first-order chi connectivity index (χ1) is 14.6. The predicted octanol–water partition coefficient (Wildman–Crippen LogP) is 5.50. The summed E-state index contributed by atoms with van der Waals surface area (Å²) in [5.41, 5.74) is 0.610. The van der Waals surface area contributed by atoms with Crippen molar-refractivity contribution in [3.8, 4) is 0 Å². The largest absolute Gasteiger partial charge is 0.481 e. The summed E-state index contributed by atoms with van der Waals surface area (Å²) in [4.78, 5) is 11.1. The van der Waals surface area contributed by atoms with Gasteiger partial charge in [0.2, 0.25) is 0 Å². The van der Waals surface area contributed by atoms with Crippen LogP contribution in [0, 0.1) is 52.3 Å². The van der Waals surface area contributed by atoms with Crippen LogP contribution in [0.4, 0.5) is 0 Å². The highest BCUT2D eigenvalue weighted by atomic mass is 16.4. The van der Waals surface area contributed by atoms with Crippen LogP contribution in [0.2, 0.25) is 0 Å². The van der Waals surface area contributed by atoms with E-state index in [-0.39, 0.29) is 18.1 Å². The van der Waals surface area contributed by atoms with Crippen molar-refractivity contribution < 1.29 is 20.1 Å². The van der Waals surface area contributed by atoms with Crippen LogP contribution in [0.25, 0.3) is 0 Å². The van der Waals surface area contributed by atoms with Gasteiger partial charge in [0.25, 0.3) is 0 Å². The van der Waals surface area contributed by atoms with E-state index >= 15 is 0 Å². The van der Waals surface area contributed by atoms with Crippen molar-refractivity contribution in [3.05, 3.63) is 0 Å². The van der Waals surface area contributed by atoms with E-state index in [1.165, 1.54) is 25.7 Å². The fourth-order valence-corrected chi connectivity index (χ4v) is 9.25. The molecule has 0 aromatic carbocycles. The molecule has 4 nitrogen and oxygen atoms in total. The molecule has 0 aromatic heterocycles.